The van der Waals surface area contributed by atoms with Crippen LogP contribution in [0.5, 0.6) is 0 Å². The van der Waals surface area contributed by atoms with Gasteiger partial charge in [-0.2, -0.15) is 0 Å². The Morgan fingerprint density at radius 1 is 1.19 bits per heavy atom. The zero-order chi connectivity index (χ0) is 16.0. The third-order valence-corrected chi connectivity index (χ3v) is 2.47. The van der Waals surface area contributed by atoms with Crippen molar-refractivity contribution in [3.8, 4) is 0 Å². The molecule has 0 aliphatic carbocycles. The summed E-state index contributed by atoms with van der Waals surface area (Å²) in [6.45, 7) is 1.62. The van der Waals surface area contributed by atoms with Gasteiger partial charge in [0.1, 0.15) is 0 Å². The lowest BCUT2D eigenvalue weighted by Crippen LogP contribution is -2.34. The van der Waals surface area contributed by atoms with Gasteiger partial charge in [-0.1, -0.05) is 0 Å². The maximum Gasteiger partial charge on any atom is 0.336 e. The van der Waals surface area contributed by atoms with E-state index in [1.54, 1.807) is 0 Å². The van der Waals surface area contributed by atoms with Crippen molar-refractivity contribution in [2.75, 3.05) is 13.1 Å². The molecule has 0 aromatic heterocycles. The van der Waals surface area contributed by atoms with Gasteiger partial charge in [0, 0.05) is 32.1 Å². The number of nitro benzene ring substituents is 1. The van der Waals surface area contributed by atoms with Crippen molar-refractivity contribution in [2.45, 2.75) is 6.92 Å². The first-order valence-electron chi connectivity index (χ1n) is 5.87. The number of benzene rings is 1. The fourth-order valence-corrected chi connectivity index (χ4v) is 1.53. The summed E-state index contributed by atoms with van der Waals surface area (Å²) in [5.74, 6) is -2.39. The number of nitro groups is 1. The van der Waals surface area contributed by atoms with Gasteiger partial charge in [-0.3, -0.25) is 19.7 Å². The van der Waals surface area contributed by atoms with Gasteiger partial charge in [-0.25, -0.2) is 4.79 Å². The van der Waals surface area contributed by atoms with Gasteiger partial charge in [0.05, 0.1) is 16.1 Å². The monoisotopic (exact) mass is 295 g/mol. The molecule has 1 aromatic carbocycles. The van der Waals surface area contributed by atoms with Crippen LogP contribution in [0.2, 0.25) is 0 Å². The predicted molar refractivity (Wildman–Crippen MR) is 71.1 cm³/mol. The molecular weight excluding hydrogens is 282 g/mol. The molecule has 3 N–H and O–H groups in total. The molecule has 0 unspecified atom stereocenters. The largest absolute Gasteiger partial charge is 0.478 e. The fraction of sp³-hybridized carbons (Fsp3) is 0.250. The highest BCUT2D eigenvalue weighted by Crippen LogP contribution is 2.18. The molecule has 112 valence electrons. The van der Waals surface area contributed by atoms with E-state index >= 15 is 0 Å². The molecule has 1 rings (SSSR count). The second-order valence-corrected chi connectivity index (χ2v) is 4.03. The van der Waals surface area contributed by atoms with Crippen LogP contribution in [0.25, 0.3) is 0 Å². The van der Waals surface area contributed by atoms with Crippen LogP contribution >= 0.6 is 0 Å². The van der Waals surface area contributed by atoms with Crippen molar-refractivity contribution in [3.63, 3.8) is 0 Å². The Kier molecular flexibility index (Phi) is 5.35. The smallest absolute Gasteiger partial charge is 0.336 e. The highest BCUT2D eigenvalue weighted by atomic mass is 16.6. The summed E-state index contributed by atoms with van der Waals surface area (Å²) in [5.41, 5.74) is -1.06. The molecule has 0 aliphatic rings. The maximum atomic E-state index is 11.8. The SMILES string of the molecule is CC(=O)NCCNC(=O)c1ccc([N+](=O)[O-])cc1C(=O)O. The Labute approximate surface area is 119 Å². The Balaban J connectivity index is 2.86. The number of carboxylic acid groups (broad SMARTS) is 1. The lowest BCUT2D eigenvalue weighted by atomic mass is 10.1. The molecule has 0 aliphatic heterocycles. The quantitative estimate of drug-likeness (QED) is 0.388. The molecule has 0 bridgehead atoms. The predicted octanol–water partition coefficient (Wildman–Crippen LogP) is 0.159. The molecule has 0 fully saturated rings. The van der Waals surface area contributed by atoms with E-state index in [2.05, 4.69) is 10.6 Å². The maximum absolute atomic E-state index is 11.8. The summed E-state index contributed by atoms with van der Waals surface area (Å²) < 4.78 is 0. The van der Waals surface area contributed by atoms with E-state index in [4.69, 9.17) is 5.11 Å². The van der Waals surface area contributed by atoms with Gasteiger partial charge >= 0.3 is 5.97 Å². The topological polar surface area (TPSA) is 139 Å². The number of hydrogen-bond acceptors (Lipinski definition) is 5. The molecule has 0 saturated carbocycles. The van der Waals surface area contributed by atoms with Crippen LogP contribution in [-0.4, -0.2) is 40.9 Å². The molecule has 0 spiro atoms. The van der Waals surface area contributed by atoms with Crippen LogP contribution in [0.15, 0.2) is 18.2 Å². The molecule has 9 nitrogen and oxygen atoms in total. The number of carboxylic acids is 1. The first kappa shape index (κ1) is 16.1. The number of carbonyl (C=O) groups is 3. The summed E-state index contributed by atoms with van der Waals surface area (Å²) in [6.07, 6.45) is 0. The van der Waals surface area contributed by atoms with E-state index in [0.29, 0.717) is 0 Å². The van der Waals surface area contributed by atoms with Crippen LogP contribution in [0, 0.1) is 10.1 Å². The summed E-state index contributed by atoms with van der Waals surface area (Å²) in [5, 5.41) is 24.5. The number of carbonyl (C=O) groups excluding carboxylic acids is 2. The summed E-state index contributed by atoms with van der Waals surface area (Å²) in [6, 6.07) is 2.95. The molecule has 21 heavy (non-hydrogen) atoms. The van der Waals surface area contributed by atoms with Crippen molar-refractivity contribution < 1.29 is 24.4 Å². The second kappa shape index (κ2) is 6.98. The van der Waals surface area contributed by atoms with Crippen LogP contribution in [0.4, 0.5) is 5.69 Å². The zero-order valence-electron chi connectivity index (χ0n) is 11.1. The Hall–Kier alpha value is -2.97. The zero-order valence-corrected chi connectivity index (χ0v) is 11.1. The summed E-state index contributed by atoms with van der Waals surface area (Å²) in [7, 11) is 0. The van der Waals surface area contributed by atoms with E-state index in [9.17, 15) is 24.5 Å². The third-order valence-electron chi connectivity index (χ3n) is 2.47. The number of amides is 2. The van der Waals surface area contributed by atoms with Crippen LogP contribution in [0.1, 0.15) is 27.6 Å². The van der Waals surface area contributed by atoms with Crippen molar-refractivity contribution in [3.05, 3.63) is 39.4 Å². The van der Waals surface area contributed by atoms with Crippen molar-refractivity contribution in [2.24, 2.45) is 0 Å². The van der Waals surface area contributed by atoms with Gasteiger partial charge in [0.25, 0.3) is 11.6 Å². The van der Waals surface area contributed by atoms with Gasteiger partial charge in [0.15, 0.2) is 0 Å². The van der Waals surface area contributed by atoms with Gasteiger partial charge < -0.3 is 15.7 Å². The highest BCUT2D eigenvalue weighted by molar-refractivity contribution is 6.05. The van der Waals surface area contributed by atoms with Crippen molar-refractivity contribution in [1.29, 1.82) is 0 Å². The van der Waals surface area contributed by atoms with E-state index in [-0.39, 0.29) is 24.6 Å². The number of non-ortho nitro benzene ring substituents is 1. The molecule has 2 amide bonds. The Morgan fingerprint density at radius 3 is 2.33 bits per heavy atom. The van der Waals surface area contributed by atoms with Gasteiger partial charge in [-0.05, 0) is 6.07 Å². The van der Waals surface area contributed by atoms with Gasteiger partial charge in [0.2, 0.25) is 5.91 Å². The number of nitrogens with zero attached hydrogens (tertiary/aromatic N) is 1. The van der Waals surface area contributed by atoms with E-state index < -0.39 is 28.1 Å². The van der Waals surface area contributed by atoms with E-state index in [0.717, 1.165) is 18.2 Å². The van der Waals surface area contributed by atoms with Crippen LogP contribution in [0.3, 0.4) is 0 Å². The third kappa shape index (κ3) is 4.56. The summed E-state index contributed by atoms with van der Waals surface area (Å²) in [4.78, 5) is 43.4. The molecule has 0 atom stereocenters. The minimum absolute atomic E-state index is 0.106. The lowest BCUT2D eigenvalue weighted by Gasteiger charge is -2.08. The van der Waals surface area contributed by atoms with Crippen molar-refractivity contribution >= 4 is 23.5 Å². The average molecular weight is 295 g/mol. The standard InChI is InChI=1S/C12H13N3O6/c1-7(16)13-4-5-14-11(17)9-3-2-8(15(20)21)6-10(9)12(18)19/h2-3,6H,4-5H2,1H3,(H,13,16)(H,14,17)(H,18,19). The normalized spacial score (nSPS) is 9.76. The van der Waals surface area contributed by atoms with Crippen LogP contribution < -0.4 is 10.6 Å². The summed E-state index contributed by atoms with van der Waals surface area (Å²) >= 11 is 0. The molecular formula is C12H13N3O6. The molecule has 0 radical (unpaired) electrons. The second-order valence-electron chi connectivity index (χ2n) is 4.03. The number of aromatic carboxylic acids is 1. The van der Waals surface area contributed by atoms with Gasteiger partial charge in [-0.15, -0.1) is 0 Å². The minimum atomic E-state index is -1.44. The number of nitrogens with one attached hydrogen (secondary N) is 2. The Bertz CT molecular complexity index is 599. The minimum Gasteiger partial charge on any atom is -0.478 e. The van der Waals surface area contributed by atoms with E-state index in [1.165, 1.54) is 6.92 Å². The highest BCUT2D eigenvalue weighted by Gasteiger charge is 2.20. The lowest BCUT2D eigenvalue weighted by molar-refractivity contribution is -0.384. The fourth-order valence-electron chi connectivity index (χ4n) is 1.53. The number of rotatable bonds is 6. The molecule has 0 heterocycles. The molecule has 9 heteroatoms. The first-order chi connectivity index (χ1) is 9.82. The average Bonchev–Trinajstić information content (AvgIpc) is 2.42. The molecule has 1 aromatic rings. The van der Waals surface area contributed by atoms with E-state index in [1.807, 2.05) is 0 Å². The first-order valence-corrected chi connectivity index (χ1v) is 5.87. The van der Waals surface area contributed by atoms with Crippen LogP contribution in [-0.2, 0) is 4.79 Å². The van der Waals surface area contributed by atoms with Crippen molar-refractivity contribution in [1.82, 2.24) is 10.6 Å². The molecule has 0 saturated heterocycles. The number of hydrogen-bond donors (Lipinski definition) is 3. The Morgan fingerprint density at radius 2 is 1.81 bits per heavy atom.